The Kier molecular flexibility index (Phi) is 5.18. The molecule has 0 bridgehead atoms. The Hall–Kier alpha value is -6.65. The lowest BCUT2D eigenvalue weighted by Gasteiger charge is -2.47. The summed E-state index contributed by atoms with van der Waals surface area (Å²) < 4.78 is 5.13. The van der Waals surface area contributed by atoms with Gasteiger partial charge < -0.3 is 18.8 Å². The molecule has 4 aliphatic heterocycles. The number of benzene rings is 7. The number of anilines is 6. The number of hydrogen-bond acceptors (Lipinski definition) is 2. The van der Waals surface area contributed by atoms with E-state index in [9.17, 15) is 0 Å². The summed E-state index contributed by atoms with van der Waals surface area (Å²) in [4.78, 5) is 5.15. The molecule has 6 heterocycles. The summed E-state index contributed by atoms with van der Waals surface area (Å²) in [5.41, 5.74) is 21.8. The quantitative estimate of drug-likeness (QED) is 0.171. The molecule has 0 unspecified atom stereocenters. The highest BCUT2D eigenvalue weighted by Gasteiger charge is 2.49. The molecule has 0 radical (unpaired) electrons. The smallest absolute Gasteiger partial charge is 0.334 e. The predicted molar refractivity (Wildman–Crippen MR) is 223 cm³/mol. The molecule has 0 amide bonds. The zero-order valence-corrected chi connectivity index (χ0v) is 29.0. The SMILES string of the molecule is Cc1ccc2c(c1)N(c1ccccc1)c1c3c(cc4c1B1c5c(cccc5N4c4ccccc4)-c4cccc5ccn1c45)-c1cccc4ccn(c14)B23. The van der Waals surface area contributed by atoms with Crippen molar-refractivity contribution in [3.05, 3.63) is 170 Å². The van der Waals surface area contributed by atoms with Crippen molar-refractivity contribution in [2.24, 2.45) is 0 Å². The van der Waals surface area contributed by atoms with Crippen molar-refractivity contribution in [2.75, 3.05) is 9.80 Å². The summed E-state index contributed by atoms with van der Waals surface area (Å²) >= 11 is 0. The first kappa shape index (κ1) is 28.0. The van der Waals surface area contributed by atoms with Crippen molar-refractivity contribution < 1.29 is 0 Å². The van der Waals surface area contributed by atoms with Crippen LogP contribution in [0.3, 0.4) is 0 Å². The molecule has 0 saturated heterocycles. The van der Waals surface area contributed by atoms with Gasteiger partial charge in [0.25, 0.3) is 0 Å². The Morgan fingerprint density at radius 2 is 1.04 bits per heavy atom. The third-order valence-electron chi connectivity index (χ3n) is 12.3. The third-order valence-corrected chi connectivity index (χ3v) is 12.3. The summed E-state index contributed by atoms with van der Waals surface area (Å²) in [5.74, 6) is 0. The summed E-state index contributed by atoms with van der Waals surface area (Å²) in [7, 11) is 0. The van der Waals surface area contributed by atoms with Crippen LogP contribution in [0.15, 0.2) is 164 Å². The van der Waals surface area contributed by atoms with Crippen LogP contribution in [0, 0.1) is 6.92 Å². The van der Waals surface area contributed by atoms with Crippen LogP contribution in [0.1, 0.15) is 5.56 Å². The number of rotatable bonds is 2. The summed E-state index contributed by atoms with van der Waals surface area (Å²) in [6.07, 6.45) is 4.66. The van der Waals surface area contributed by atoms with Crippen molar-refractivity contribution in [3.8, 4) is 22.3 Å². The lowest BCUT2D eigenvalue weighted by Crippen LogP contribution is -2.63. The van der Waals surface area contributed by atoms with Gasteiger partial charge in [0.1, 0.15) is 0 Å². The molecule has 0 saturated carbocycles. The van der Waals surface area contributed by atoms with Crippen LogP contribution in [-0.4, -0.2) is 22.7 Å². The number of para-hydroxylation sites is 4. The first-order valence-electron chi connectivity index (χ1n) is 18.6. The first-order valence-corrected chi connectivity index (χ1v) is 18.6. The molecular weight excluding hydrogens is 642 g/mol. The minimum Gasteiger partial charge on any atom is -0.382 e. The second-order valence-electron chi connectivity index (χ2n) is 15.0. The van der Waals surface area contributed by atoms with Crippen molar-refractivity contribution in [3.63, 3.8) is 0 Å². The van der Waals surface area contributed by atoms with Gasteiger partial charge in [0, 0.05) is 56.3 Å². The summed E-state index contributed by atoms with van der Waals surface area (Å²) in [6, 6.07) is 56.8. The van der Waals surface area contributed by atoms with Crippen LogP contribution < -0.4 is 31.7 Å². The zero-order chi connectivity index (χ0) is 34.5. The minimum absolute atomic E-state index is 0.0237. The maximum Gasteiger partial charge on any atom is 0.334 e. The van der Waals surface area contributed by atoms with Crippen molar-refractivity contribution >= 4 is 91.5 Å². The van der Waals surface area contributed by atoms with Crippen LogP contribution >= 0.6 is 0 Å². The molecular formula is C47H30B2N4. The second-order valence-corrected chi connectivity index (χ2v) is 15.0. The van der Waals surface area contributed by atoms with E-state index in [0.29, 0.717) is 0 Å². The second kappa shape index (κ2) is 9.81. The van der Waals surface area contributed by atoms with E-state index >= 15 is 0 Å². The Bertz CT molecular complexity index is 3050. The van der Waals surface area contributed by atoms with Crippen LogP contribution in [0.25, 0.3) is 44.1 Å². The van der Waals surface area contributed by atoms with E-state index in [4.69, 9.17) is 0 Å². The highest BCUT2D eigenvalue weighted by atomic mass is 15.2. The average Bonchev–Trinajstić information content (AvgIpc) is 3.84. The Labute approximate surface area is 308 Å². The molecule has 4 aliphatic rings. The normalized spacial score (nSPS) is 14.0. The highest BCUT2D eigenvalue weighted by Crippen LogP contribution is 2.49. The van der Waals surface area contributed by atoms with E-state index in [1.165, 1.54) is 99.9 Å². The predicted octanol–water partition coefficient (Wildman–Crippen LogP) is 8.74. The van der Waals surface area contributed by atoms with Gasteiger partial charge in [-0.05, 0) is 123 Å². The maximum atomic E-state index is 2.60. The standard InChI is InChI=1S/C47H30B2N4/c1-29-21-22-38-40(27-29)53(33-15-6-3-7-16-33)47-43-37(36-19-9-12-31-23-25-50(46(31)36)48(38)43)28-41-44(47)49-42-34(35-18-8-11-30-24-26-51(49)45(30)35)17-10-20-39(42)52(41)32-13-4-2-5-14-32/h2-28H,1H3. The van der Waals surface area contributed by atoms with E-state index in [1.54, 1.807) is 0 Å². The largest absolute Gasteiger partial charge is 0.382 e. The maximum absolute atomic E-state index is 2.60. The van der Waals surface area contributed by atoms with Gasteiger partial charge in [0.05, 0.1) is 0 Å². The van der Waals surface area contributed by atoms with Gasteiger partial charge in [-0.3, -0.25) is 0 Å². The molecule has 244 valence electrons. The van der Waals surface area contributed by atoms with Gasteiger partial charge in [0.15, 0.2) is 0 Å². The molecule has 4 nitrogen and oxygen atoms in total. The molecule has 6 heteroatoms. The summed E-state index contributed by atoms with van der Waals surface area (Å²) in [5, 5.41) is 2.56. The molecule has 9 aromatic rings. The molecule has 0 fully saturated rings. The molecule has 7 aromatic carbocycles. The van der Waals surface area contributed by atoms with Crippen LogP contribution in [0.5, 0.6) is 0 Å². The summed E-state index contributed by atoms with van der Waals surface area (Å²) in [6.45, 7) is 2.21. The highest BCUT2D eigenvalue weighted by molar-refractivity contribution is 6.94. The first-order chi connectivity index (χ1) is 26.2. The van der Waals surface area contributed by atoms with E-state index in [0.717, 1.165) is 5.69 Å². The number of hydrogen-bond donors (Lipinski definition) is 0. The Balaban J connectivity index is 1.27. The van der Waals surface area contributed by atoms with E-state index in [1.807, 2.05) is 0 Å². The monoisotopic (exact) mass is 672 g/mol. The average molecular weight is 672 g/mol. The number of aromatic nitrogens is 2. The number of aryl methyl sites for hydroxylation is 1. The lowest BCUT2D eigenvalue weighted by molar-refractivity contribution is 1.20. The van der Waals surface area contributed by atoms with Gasteiger partial charge in [-0.25, -0.2) is 0 Å². The van der Waals surface area contributed by atoms with Gasteiger partial charge in [-0.1, -0.05) is 97.1 Å². The van der Waals surface area contributed by atoms with E-state index in [2.05, 4.69) is 190 Å². The van der Waals surface area contributed by atoms with Gasteiger partial charge >= 0.3 is 13.7 Å². The Morgan fingerprint density at radius 3 is 1.75 bits per heavy atom. The molecule has 53 heavy (non-hydrogen) atoms. The topological polar surface area (TPSA) is 16.3 Å². The minimum atomic E-state index is -0.0380. The molecule has 0 atom stereocenters. The molecule has 0 aliphatic carbocycles. The van der Waals surface area contributed by atoms with Gasteiger partial charge in [-0.2, -0.15) is 0 Å². The fourth-order valence-corrected chi connectivity index (χ4v) is 10.4. The van der Waals surface area contributed by atoms with Crippen molar-refractivity contribution in [1.29, 1.82) is 0 Å². The molecule has 13 rings (SSSR count). The fraction of sp³-hybridized carbons (Fsp3) is 0.0213. The molecule has 0 N–H and O–H groups in total. The van der Waals surface area contributed by atoms with Gasteiger partial charge in [-0.15, -0.1) is 0 Å². The van der Waals surface area contributed by atoms with Crippen LogP contribution in [0.2, 0.25) is 0 Å². The van der Waals surface area contributed by atoms with Crippen molar-refractivity contribution in [1.82, 2.24) is 8.96 Å². The fourth-order valence-electron chi connectivity index (χ4n) is 10.4. The number of fused-ring (bicyclic) bond motifs is 9. The van der Waals surface area contributed by atoms with E-state index < -0.39 is 0 Å². The van der Waals surface area contributed by atoms with Crippen molar-refractivity contribution in [2.45, 2.75) is 6.92 Å². The third kappa shape index (κ3) is 3.40. The molecule has 2 aromatic heterocycles. The number of nitrogens with zero attached hydrogens (tertiary/aromatic N) is 4. The van der Waals surface area contributed by atoms with Crippen LogP contribution in [-0.2, 0) is 0 Å². The Morgan fingerprint density at radius 1 is 0.415 bits per heavy atom. The molecule has 0 spiro atoms. The van der Waals surface area contributed by atoms with E-state index in [-0.39, 0.29) is 13.7 Å². The van der Waals surface area contributed by atoms with Crippen LogP contribution in [0.4, 0.5) is 34.1 Å². The zero-order valence-electron chi connectivity index (χ0n) is 29.0. The lowest BCUT2D eigenvalue weighted by atomic mass is 9.40. The van der Waals surface area contributed by atoms with Gasteiger partial charge in [0.2, 0.25) is 0 Å².